The van der Waals surface area contributed by atoms with Crippen LogP contribution in [0.25, 0.3) is 17.1 Å². The molecule has 0 saturated heterocycles. The fourth-order valence-electron chi connectivity index (χ4n) is 3.98. The molecule has 1 atom stereocenters. The van der Waals surface area contributed by atoms with Crippen LogP contribution in [0.15, 0.2) is 89.7 Å². The zero-order chi connectivity index (χ0) is 26.3. The molecule has 0 aliphatic rings. The summed E-state index contributed by atoms with van der Waals surface area (Å²) in [6, 6.07) is 22.5. The smallest absolute Gasteiger partial charge is 0.270 e. The average Bonchev–Trinajstić information content (AvgIpc) is 3.60. The first-order valence-corrected chi connectivity index (χ1v) is 14.3. The van der Waals surface area contributed by atoms with Crippen LogP contribution in [-0.2, 0) is 12.2 Å². The number of carbonyl (C=O) groups is 1. The SMILES string of the molecule is Cc1ccc(-n2c(SCc3nc(C(=O)NC(C)CCc4ccccc4)cs3)nnc2-c2ccncc2)cc1. The number of aryl methyl sites for hydroxylation is 2. The molecule has 1 amide bonds. The topological polar surface area (TPSA) is 85.6 Å². The Balaban J connectivity index is 1.25. The quantitative estimate of drug-likeness (QED) is 0.214. The number of aromatic nitrogens is 5. The molecule has 5 rings (SSSR count). The van der Waals surface area contributed by atoms with Gasteiger partial charge in [-0.3, -0.25) is 14.3 Å². The number of rotatable bonds is 10. The molecule has 0 radical (unpaired) electrons. The van der Waals surface area contributed by atoms with Gasteiger partial charge in [0.25, 0.3) is 5.91 Å². The first kappa shape index (κ1) is 25.8. The largest absolute Gasteiger partial charge is 0.348 e. The number of carbonyl (C=O) groups excluding carboxylic acids is 1. The Morgan fingerprint density at radius 3 is 2.55 bits per heavy atom. The Kier molecular flexibility index (Phi) is 8.25. The molecule has 192 valence electrons. The van der Waals surface area contributed by atoms with Gasteiger partial charge in [-0.05, 0) is 56.5 Å². The summed E-state index contributed by atoms with van der Waals surface area (Å²) in [6.07, 6.45) is 5.30. The van der Waals surface area contributed by atoms with Crippen LogP contribution in [0, 0.1) is 6.92 Å². The molecule has 1 N–H and O–H groups in total. The van der Waals surface area contributed by atoms with E-state index in [0.29, 0.717) is 11.4 Å². The molecular weight excluding hydrogens is 512 g/mol. The third-order valence-corrected chi connectivity index (χ3v) is 8.03. The van der Waals surface area contributed by atoms with E-state index in [1.165, 1.54) is 22.5 Å². The molecule has 0 spiro atoms. The first-order chi connectivity index (χ1) is 18.6. The van der Waals surface area contributed by atoms with Gasteiger partial charge in [0.1, 0.15) is 10.7 Å². The van der Waals surface area contributed by atoms with Crippen molar-refractivity contribution in [1.82, 2.24) is 30.0 Å². The fraction of sp³-hybridized carbons (Fsp3) is 0.207. The number of benzene rings is 2. The lowest BCUT2D eigenvalue weighted by Gasteiger charge is -2.12. The predicted octanol–water partition coefficient (Wildman–Crippen LogP) is 6.14. The van der Waals surface area contributed by atoms with Crippen LogP contribution in [0.2, 0.25) is 0 Å². The van der Waals surface area contributed by atoms with Crippen molar-refractivity contribution in [2.24, 2.45) is 0 Å². The molecule has 1 unspecified atom stereocenters. The number of thioether (sulfide) groups is 1. The molecule has 0 aliphatic carbocycles. The predicted molar refractivity (Wildman–Crippen MR) is 153 cm³/mol. The molecule has 0 bridgehead atoms. The highest BCUT2D eigenvalue weighted by molar-refractivity contribution is 7.98. The highest BCUT2D eigenvalue weighted by Crippen LogP contribution is 2.30. The maximum Gasteiger partial charge on any atom is 0.270 e. The molecule has 9 heteroatoms. The summed E-state index contributed by atoms with van der Waals surface area (Å²) in [4.78, 5) is 21.5. The Morgan fingerprint density at radius 2 is 1.79 bits per heavy atom. The standard InChI is InChI=1S/C29H28N6OS2/c1-20-8-12-24(13-9-20)35-27(23-14-16-30-17-15-23)33-34-29(35)38-19-26-32-25(18-37-26)28(36)31-21(2)10-11-22-6-4-3-5-7-22/h3-9,12-18,21H,10-11,19H2,1-2H3,(H,31,36). The average molecular weight is 541 g/mol. The zero-order valence-electron chi connectivity index (χ0n) is 21.2. The van der Waals surface area contributed by atoms with Gasteiger partial charge in [0.05, 0.1) is 5.75 Å². The molecule has 0 aliphatic heterocycles. The highest BCUT2D eigenvalue weighted by atomic mass is 32.2. The monoisotopic (exact) mass is 540 g/mol. The third kappa shape index (κ3) is 6.35. The van der Waals surface area contributed by atoms with Crippen LogP contribution in [0.5, 0.6) is 0 Å². The molecule has 3 aromatic heterocycles. The Morgan fingerprint density at radius 1 is 1.03 bits per heavy atom. The number of thiazole rings is 1. The number of hydrogen-bond acceptors (Lipinski definition) is 7. The van der Waals surface area contributed by atoms with E-state index in [-0.39, 0.29) is 11.9 Å². The molecule has 3 heterocycles. The van der Waals surface area contributed by atoms with Gasteiger partial charge in [-0.1, -0.05) is 59.8 Å². The Hall–Kier alpha value is -3.82. The van der Waals surface area contributed by atoms with Gasteiger partial charge in [-0.2, -0.15) is 0 Å². The highest BCUT2D eigenvalue weighted by Gasteiger charge is 2.18. The number of nitrogens with zero attached hydrogens (tertiary/aromatic N) is 5. The van der Waals surface area contributed by atoms with Gasteiger partial charge in [0.15, 0.2) is 11.0 Å². The van der Waals surface area contributed by atoms with E-state index in [1.807, 2.05) is 42.6 Å². The van der Waals surface area contributed by atoms with E-state index < -0.39 is 0 Å². The maximum atomic E-state index is 12.8. The molecule has 0 saturated carbocycles. The van der Waals surface area contributed by atoms with E-state index in [4.69, 9.17) is 0 Å². The van der Waals surface area contributed by atoms with Gasteiger partial charge in [0, 0.05) is 35.1 Å². The van der Waals surface area contributed by atoms with Gasteiger partial charge in [0.2, 0.25) is 0 Å². The molecule has 38 heavy (non-hydrogen) atoms. The zero-order valence-corrected chi connectivity index (χ0v) is 22.9. The number of nitrogens with one attached hydrogen (secondary N) is 1. The van der Waals surface area contributed by atoms with Crippen LogP contribution in [0.4, 0.5) is 0 Å². The second-order valence-corrected chi connectivity index (χ2v) is 10.9. The molecule has 5 aromatic rings. The van der Waals surface area contributed by atoms with E-state index in [9.17, 15) is 4.79 Å². The van der Waals surface area contributed by atoms with Crippen molar-refractivity contribution in [2.75, 3.05) is 0 Å². The van der Waals surface area contributed by atoms with E-state index >= 15 is 0 Å². The lowest BCUT2D eigenvalue weighted by Crippen LogP contribution is -2.33. The number of pyridine rings is 1. The number of hydrogen-bond donors (Lipinski definition) is 1. The minimum absolute atomic E-state index is 0.0573. The van der Waals surface area contributed by atoms with Crippen molar-refractivity contribution in [1.29, 1.82) is 0 Å². The van der Waals surface area contributed by atoms with E-state index in [2.05, 4.69) is 73.4 Å². The van der Waals surface area contributed by atoms with Gasteiger partial charge >= 0.3 is 0 Å². The minimum Gasteiger partial charge on any atom is -0.348 e. The van der Waals surface area contributed by atoms with Crippen LogP contribution >= 0.6 is 23.1 Å². The summed E-state index contributed by atoms with van der Waals surface area (Å²) in [5.41, 5.74) is 4.83. The van der Waals surface area contributed by atoms with Crippen molar-refractivity contribution in [3.8, 4) is 17.1 Å². The minimum atomic E-state index is -0.138. The Bertz CT molecular complexity index is 1480. The molecule has 2 aromatic carbocycles. The van der Waals surface area contributed by atoms with E-state index in [1.54, 1.807) is 24.2 Å². The summed E-state index contributed by atoms with van der Waals surface area (Å²) in [6.45, 7) is 4.10. The fourth-order valence-corrected chi connectivity index (χ4v) is 5.73. The lowest BCUT2D eigenvalue weighted by atomic mass is 10.1. The second-order valence-electron chi connectivity index (χ2n) is 9.03. The van der Waals surface area contributed by atoms with Crippen molar-refractivity contribution >= 4 is 29.0 Å². The summed E-state index contributed by atoms with van der Waals surface area (Å²) >= 11 is 3.03. The van der Waals surface area contributed by atoms with Crippen molar-refractivity contribution < 1.29 is 4.79 Å². The third-order valence-electron chi connectivity index (χ3n) is 6.06. The van der Waals surface area contributed by atoms with Gasteiger partial charge in [-0.15, -0.1) is 21.5 Å². The molecule has 7 nitrogen and oxygen atoms in total. The van der Waals surface area contributed by atoms with Crippen molar-refractivity contribution in [2.45, 2.75) is 43.6 Å². The van der Waals surface area contributed by atoms with E-state index in [0.717, 1.165) is 40.1 Å². The van der Waals surface area contributed by atoms with Crippen LogP contribution < -0.4 is 5.32 Å². The lowest BCUT2D eigenvalue weighted by molar-refractivity contribution is 0.0934. The van der Waals surface area contributed by atoms with Crippen molar-refractivity contribution in [3.63, 3.8) is 0 Å². The summed E-state index contributed by atoms with van der Waals surface area (Å²) in [5, 5.41) is 15.5. The van der Waals surface area contributed by atoms with Crippen molar-refractivity contribution in [3.05, 3.63) is 106 Å². The molecular formula is C29H28N6OS2. The second kappa shape index (κ2) is 12.1. The van der Waals surface area contributed by atoms with Crippen LogP contribution in [0.1, 0.15) is 40.0 Å². The van der Waals surface area contributed by atoms with Crippen LogP contribution in [0.3, 0.4) is 0 Å². The van der Waals surface area contributed by atoms with Crippen LogP contribution in [-0.4, -0.2) is 36.7 Å². The first-order valence-electron chi connectivity index (χ1n) is 12.4. The summed E-state index contributed by atoms with van der Waals surface area (Å²) < 4.78 is 2.05. The Labute approximate surface area is 230 Å². The van der Waals surface area contributed by atoms with Gasteiger partial charge < -0.3 is 5.32 Å². The number of amides is 1. The van der Waals surface area contributed by atoms with Gasteiger partial charge in [-0.25, -0.2) is 4.98 Å². The normalized spacial score (nSPS) is 11.8. The molecule has 0 fully saturated rings. The summed E-state index contributed by atoms with van der Waals surface area (Å²) in [7, 11) is 0. The maximum absolute atomic E-state index is 12.8. The summed E-state index contributed by atoms with van der Waals surface area (Å²) in [5.74, 6) is 1.20.